The van der Waals surface area contributed by atoms with Crippen LogP contribution in [0.15, 0.2) is 29.3 Å². The molecule has 22 heavy (non-hydrogen) atoms. The van der Waals surface area contributed by atoms with Crippen LogP contribution in [0.5, 0.6) is 0 Å². The number of thioether (sulfide) groups is 1. The molecular formula is C17H30N4S. The van der Waals surface area contributed by atoms with Crippen molar-refractivity contribution in [2.45, 2.75) is 31.7 Å². The third kappa shape index (κ3) is 7.18. The quantitative estimate of drug-likeness (QED) is 0.598. The Morgan fingerprint density at radius 2 is 1.91 bits per heavy atom. The van der Waals surface area contributed by atoms with E-state index in [0.29, 0.717) is 0 Å². The summed E-state index contributed by atoms with van der Waals surface area (Å²) in [6.45, 7) is 7.07. The molecule has 124 valence electrons. The Hall–Kier alpha value is -1.20. The van der Waals surface area contributed by atoms with Crippen LogP contribution < -0.4 is 10.6 Å². The van der Waals surface area contributed by atoms with Crippen molar-refractivity contribution in [2.24, 2.45) is 4.99 Å². The van der Waals surface area contributed by atoms with Crippen molar-refractivity contribution in [3.8, 4) is 0 Å². The summed E-state index contributed by atoms with van der Waals surface area (Å²) in [5.41, 5.74) is 2.60. The first-order valence-corrected chi connectivity index (χ1v) is 8.81. The van der Waals surface area contributed by atoms with Crippen molar-refractivity contribution >= 4 is 17.7 Å². The fourth-order valence-electron chi connectivity index (χ4n) is 1.98. The van der Waals surface area contributed by atoms with Gasteiger partial charge in [0, 0.05) is 31.4 Å². The largest absolute Gasteiger partial charge is 0.355 e. The number of hydrogen-bond donors (Lipinski definition) is 2. The van der Waals surface area contributed by atoms with Gasteiger partial charge in [-0.3, -0.25) is 4.99 Å². The molecule has 5 heteroatoms. The van der Waals surface area contributed by atoms with Crippen LogP contribution in [0.1, 0.15) is 25.0 Å². The predicted molar refractivity (Wildman–Crippen MR) is 99.6 cm³/mol. The van der Waals surface area contributed by atoms with Crippen LogP contribution in [0.2, 0.25) is 0 Å². The molecule has 0 aliphatic rings. The van der Waals surface area contributed by atoms with Gasteiger partial charge >= 0.3 is 0 Å². The van der Waals surface area contributed by atoms with Gasteiger partial charge in [0.2, 0.25) is 0 Å². The van der Waals surface area contributed by atoms with E-state index in [0.717, 1.165) is 25.6 Å². The Kier molecular flexibility index (Phi) is 7.76. The standard InChI is InChI=1S/C17H30N4S/c1-17(2,22-6)13-20-16(18-3)19-11-14-8-7-9-15(10-14)12-21(4)5/h7-10H,11-13H2,1-6H3,(H2,18,19,20). The maximum Gasteiger partial charge on any atom is 0.191 e. The van der Waals surface area contributed by atoms with Gasteiger partial charge in [-0.25, -0.2) is 0 Å². The van der Waals surface area contributed by atoms with Crippen LogP contribution >= 0.6 is 11.8 Å². The summed E-state index contributed by atoms with van der Waals surface area (Å²) in [6.07, 6.45) is 2.13. The first-order valence-electron chi connectivity index (χ1n) is 7.58. The first-order chi connectivity index (χ1) is 10.4. The SMILES string of the molecule is CN=C(NCc1cccc(CN(C)C)c1)NCC(C)(C)SC. The third-order valence-electron chi connectivity index (χ3n) is 3.41. The molecule has 1 aromatic carbocycles. The van der Waals surface area contributed by atoms with Gasteiger partial charge in [-0.1, -0.05) is 24.3 Å². The van der Waals surface area contributed by atoms with Gasteiger partial charge in [-0.15, -0.1) is 0 Å². The van der Waals surface area contributed by atoms with E-state index in [9.17, 15) is 0 Å². The van der Waals surface area contributed by atoms with Crippen LogP contribution in [0.3, 0.4) is 0 Å². The zero-order valence-corrected chi connectivity index (χ0v) is 15.5. The topological polar surface area (TPSA) is 39.7 Å². The molecule has 0 radical (unpaired) electrons. The average Bonchev–Trinajstić information content (AvgIpc) is 2.47. The molecule has 0 saturated carbocycles. The van der Waals surface area contributed by atoms with Crippen molar-refractivity contribution in [1.82, 2.24) is 15.5 Å². The van der Waals surface area contributed by atoms with Gasteiger partial charge in [0.25, 0.3) is 0 Å². The lowest BCUT2D eigenvalue weighted by molar-refractivity contribution is 0.402. The molecule has 0 aliphatic carbocycles. The zero-order chi connectivity index (χ0) is 16.6. The molecule has 0 spiro atoms. The summed E-state index contributed by atoms with van der Waals surface area (Å²) in [5.74, 6) is 0.847. The lowest BCUT2D eigenvalue weighted by atomic mass is 10.1. The van der Waals surface area contributed by atoms with Crippen LogP contribution in [0.25, 0.3) is 0 Å². The van der Waals surface area contributed by atoms with Gasteiger partial charge in [0.15, 0.2) is 5.96 Å². The molecule has 1 aromatic rings. The van der Waals surface area contributed by atoms with E-state index in [1.165, 1.54) is 11.1 Å². The maximum atomic E-state index is 4.29. The second kappa shape index (κ2) is 9.06. The summed E-state index contributed by atoms with van der Waals surface area (Å²) in [5, 5.41) is 6.77. The highest BCUT2D eigenvalue weighted by atomic mass is 32.2. The number of hydrogen-bond acceptors (Lipinski definition) is 3. The lowest BCUT2D eigenvalue weighted by Crippen LogP contribution is -2.43. The van der Waals surface area contributed by atoms with Crippen LogP contribution in [0.4, 0.5) is 0 Å². The fraction of sp³-hybridized carbons (Fsp3) is 0.588. The third-order valence-corrected chi connectivity index (χ3v) is 4.66. The van der Waals surface area contributed by atoms with E-state index in [2.05, 4.69) is 79.0 Å². The Morgan fingerprint density at radius 1 is 1.23 bits per heavy atom. The molecule has 1 rings (SSSR count). The molecule has 0 aliphatic heterocycles. The Bertz CT molecular complexity index is 483. The normalized spacial score (nSPS) is 12.6. The van der Waals surface area contributed by atoms with Gasteiger partial charge in [0.05, 0.1) is 0 Å². The molecule has 0 amide bonds. The molecule has 0 unspecified atom stereocenters. The van der Waals surface area contributed by atoms with Crippen molar-refractivity contribution in [2.75, 3.05) is 33.9 Å². The molecule has 0 bridgehead atoms. The number of nitrogens with zero attached hydrogens (tertiary/aromatic N) is 2. The number of benzene rings is 1. The minimum Gasteiger partial charge on any atom is -0.355 e. The molecular weight excluding hydrogens is 292 g/mol. The maximum absolute atomic E-state index is 4.29. The number of guanidine groups is 1. The summed E-state index contributed by atoms with van der Waals surface area (Å²) in [6, 6.07) is 8.66. The predicted octanol–water partition coefficient (Wildman–Crippen LogP) is 2.55. The molecule has 0 saturated heterocycles. The van der Waals surface area contributed by atoms with Gasteiger partial charge < -0.3 is 15.5 Å². The first kappa shape index (κ1) is 18.8. The highest BCUT2D eigenvalue weighted by molar-refractivity contribution is 7.99. The number of aliphatic imine (C=N–C) groups is 1. The monoisotopic (exact) mass is 322 g/mol. The highest BCUT2D eigenvalue weighted by Crippen LogP contribution is 2.19. The van der Waals surface area contributed by atoms with Crippen molar-refractivity contribution in [3.05, 3.63) is 35.4 Å². The summed E-state index contributed by atoms with van der Waals surface area (Å²) < 4.78 is 0.198. The van der Waals surface area contributed by atoms with Gasteiger partial charge in [-0.05, 0) is 45.3 Å². The van der Waals surface area contributed by atoms with E-state index in [-0.39, 0.29) is 4.75 Å². The van der Waals surface area contributed by atoms with Crippen molar-refractivity contribution in [3.63, 3.8) is 0 Å². The zero-order valence-electron chi connectivity index (χ0n) is 14.7. The second-order valence-corrected chi connectivity index (χ2v) is 7.81. The summed E-state index contributed by atoms with van der Waals surface area (Å²) >= 11 is 1.85. The van der Waals surface area contributed by atoms with Gasteiger partial charge in [-0.2, -0.15) is 11.8 Å². The minimum absolute atomic E-state index is 0.198. The highest BCUT2D eigenvalue weighted by Gasteiger charge is 2.15. The molecule has 0 heterocycles. The Morgan fingerprint density at radius 3 is 2.50 bits per heavy atom. The molecule has 4 nitrogen and oxygen atoms in total. The lowest BCUT2D eigenvalue weighted by Gasteiger charge is -2.23. The van der Waals surface area contributed by atoms with E-state index < -0.39 is 0 Å². The van der Waals surface area contributed by atoms with E-state index in [1.807, 2.05) is 18.8 Å². The smallest absolute Gasteiger partial charge is 0.191 e. The number of rotatable bonds is 7. The molecule has 2 N–H and O–H groups in total. The Balaban J connectivity index is 2.53. The second-order valence-electron chi connectivity index (χ2n) is 6.30. The minimum atomic E-state index is 0.198. The molecule has 0 atom stereocenters. The number of nitrogens with one attached hydrogen (secondary N) is 2. The fourth-order valence-corrected chi connectivity index (χ4v) is 2.19. The van der Waals surface area contributed by atoms with E-state index in [1.54, 1.807) is 0 Å². The van der Waals surface area contributed by atoms with Crippen molar-refractivity contribution < 1.29 is 0 Å². The summed E-state index contributed by atoms with van der Waals surface area (Å²) in [4.78, 5) is 6.47. The average molecular weight is 323 g/mol. The van der Waals surface area contributed by atoms with Gasteiger partial charge in [0.1, 0.15) is 0 Å². The van der Waals surface area contributed by atoms with E-state index in [4.69, 9.17) is 0 Å². The van der Waals surface area contributed by atoms with Crippen LogP contribution in [0, 0.1) is 0 Å². The summed E-state index contributed by atoms with van der Waals surface area (Å²) in [7, 11) is 5.98. The van der Waals surface area contributed by atoms with Crippen molar-refractivity contribution in [1.29, 1.82) is 0 Å². The molecule has 0 aromatic heterocycles. The Labute approximate surface area is 139 Å². The van der Waals surface area contributed by atoms with E-state index >= 15 is 0 Å². The molecule has 0 fully saturated rings. The van der Waals surface area contributed by atoms with Crippen LogP contribution in [-0.2, 0) is 13.1 Å². The van der Waals surface area contributed by atoms with Crippen LogP contribution in [-0.4, -0.2) is 49.6 Å².